The van der Waals surface area contributed by atoms with Crippen molar-refractivity contribution in [3.8, 4) is 0 Å². The zero-order valence-electron chi connectivity index (χ0n) is 4.04. The predicted molar refractivity (Wildman–Crippen MR) is 11.5 cm³/mol. The van der Waals surface area contributed by atoms with Crippen molar-refractivity contribution in [1.29, 1.82) is 0 Å². The number of halogens is 6. The second-order valence-electron chi connectivity index (χ2n) is 0. The minimum atomic E-state index is 0. The summed E-state index contributed by atoms with van der Waals surface area (Å²) in [5.41, 5.74) is 0. The molecule has 0 bridgehead atoms. The van der Waals surface area contributed by atoms with Gasteiger partial charge in [0.05, 0.1) is 0 Å². The first-order chi connectivity index (χ1) is 0. The normalized spacial score (nSPS) is 0. The number of hydrogen-bond acceptors (Lipinski definition) is 0. The SMILES string of the molecule is [Ca+2].[Cl-].[Cl-].[Cl-].[Cl-].[Cl-].[Cl-].[Fe+2].[Mg+2]. The fourth-order valence-corrected chi connectivity index (χ4v) is 0. The Labute approximate surface area is 149 Å². The van der Waals surface area contributed by atoms with E-state index in [-0.39, 0.29) is 152 Å². The summed E-state index contributed by atoms with van der Waals surface area (Å²) in [5.74, 6) is 0. The van der Waals surface area contributed by atoms with E-state index in [1.54, 1.807) is 0 Å². The monoisotopic (exact) mass is 330 g/mol. The Morgan fingerprint density at radius 3 is 0.444 bits per heavy atom. The second-order valence-corrected chi connectivity index (χ2v) is 0. The standard InChI is InChI=1S/Ca.6ClH.Fe.Mg/h;6*1H;;/q+2;;;;;;;2*+2/p-6. The third-order valence-corrected chi connectivity index (χ3v) is 0. The first-order valence-electron chi connectivity index (χ1n) is 0. The molecule has 0 aromatic rings. The summed E-state index contributed by atoms with van der Waals surface area (Å²) in [6, 6.07) is 0. The molecule has 0 nitrogen and oxygen atoms in total. The van der Waals surface area contributed by atoms with E-state index in [9.17, 15) is 0 Å². The largest absolute Gasteiger partial charge is 2.00 e. The molecule has 0 heterocycles. The van der Waals surface area contributed by atoms with Crippen molar-refractivity contribution in [3.05, 3.63) is 0 Å². The molecule has 0 aliphatic heterocycles. The van der Waals surface area contributed by atoms with Gasteiger partial charge in [-0.25, -0.2) is 0 Å². The van der Waals surface area contributed by atoms with Gasteiger partial charge in [0.2, 0.25) is 0 Å². The zero-order valence-corrected chi connectivity index (χ0v) is 13.3. The summed E-state index contributed by atoms with van der Waals surface area (Å²) in [5, 5.41) is 0. The first kappa shape index (κ1) is 109. The van der Waals surface area contributed by atoms with Gasteiger partial charge in [-0.15, -0.1) is 0 Å². The van der Waals surface area contributed by atoms with Gasteiger partial charge in [-0.1, -0.05) is 0 Å². The molecule has 0 amide bonds. The smallest absolute Gasteiger partial charge is 1.00 e. The van der Waals surface area contributed by atoms with Gasteiger partial charge in [0, 0.05) is 0 Å². The molecule has 0 saturated heterocycles. The molecule has 9 heavy (non-hydrogen) atoms. The van der Waals surface area contributed by atoms with Crippen LogP contribution in [0.5, 0.6) is 0 Å². The summed E-state index contributed by atoms with van der Waals surface area (Å²) in [7, 11) is 0. The number of rotatable bonds is 0. The molecule has 0 aromatic heterocycles. The maximum Gasteiger partial charge on any atom is 2.00 e. The quantitative estimate of drug-likeness (QED) is 0.387. The van der Waals surface area contributed by atoms with Crippen molar-refractivity contribution in [1.82, 2.24) is 0 Å². The fraction of sp³-hybridized carbons (Fsp3) is 0. The third kappa shape index (κ3) is 70.8. The van der Waals surface area contributed by atoms with E-state index >= 15 is 0 Å². The van der Waals surface area contributed by atoms with Crippen LogP contribution in [-0.2, 0) is 17.1 Å². The van der Waals surface area contributed by atoms with Crippen LogP contribution in [0.25, 0.3) is 0 Å². The molecule has 0 spiro atoms. The van der Waals surface area contributed by atoms with Gasteiger partial charge in [0.15, 0.2) is 0 Å². The molecular weight excluding hydrogens is 333 g/mol. The van der Waals surface area contributed by atoms with Gasteiger partial charge in [-0.2, -0.15) is 0 Å². The molecule has 0 unspecified atom stereocenters. The Morgan fingerprint density at radius 1 is 0.444 bits per heavy atom. The van der Waals surface area contributed by atoms with Crippen LogP contribution in [0.4, 0.5) is 0 Å². The molecule has 0 rings (SSSR count). The van der Waals surface area contributed by atoms with Crippen LogP contribution in [0, 0.1) is 0 Å². The Bertz CT molecular complexity index is 13.0. The molecule has 0 aromatic carbocycles. The van der Waals surface area contributed by atoms with Crippen LogP contribution in [0.3, 0.4) is 0 Å². The van der Waals surface area contributed by atoms with E-state index in [1.807, 2.05) is 0 Å². The Morgan fingerprint density at radius 2 is 0.444 bits per heavy atom. The minimum Gasteiger partial charge on any atom is -1.00 e. The Balaban J connectivity index is 0. The van der Waals surface area contributed by atoms with Crippen LogP contribution in [-0.4, -0.2) is 60.8 Å². The maximum atomic E-state index is 0. The molecule has 0 atom stereocenters. The van der Waals surface area contributed by atoms with Gasteiger partial charge in [0.1, 0.15) is 0 Å². The summed E-state index contributed by atoms with van der Waals surface area (Å²) in [6.07, 6.45) is 0. The van der Waals surface area contributed by atoms with Gasteiger partial charge in [-0.05, 0) is 0 Å². The van der Waals surface area contributed by atoms with Crippen LogP contribution in [0.1, 0.15) is 0 Å². The van der Waals surface area contributed by atoms with Gasteiger partial charge in [-0.3, -0.25) is 0 Å². The average Bonchev–Trinajstić information content (AvgIpc) is 0. The van der Waals surface area contributed by atoms with Crippen LogP contribution >= 0.6 is 0 Å². The Kier molecular flexibility index (Phi) is 1030. The van der Waals surface area contributed by atoms with Crippen molar-refractivity contribution >= 4 is 60.8 Å². The van der Waals surface area contributed by atoms with Crippen LogP contribution < -0.4 is 74.4 Å². The molecule has 54 valence electrons. The van der Waals surface area contributed by atoms with Gasteiger partial charge >= 0.3 is 77.9 Å². The predicted octanol–water partition coefficient (Wildman–Crippen LogP) is -18.7. The van der Waals surface area contributed by atoms with Crippen LogP contribution in [0.2, 0.25) is 0 Å². The maximum absolute atomic E-state index is 0. The van der Waals surface area contributed by atoms with Gasteiger partial charge < -0.3 is 74.4 Å². The van der Waals surface area contributed by atoms with Gasteiger partial charge in [0.25, 0.3) is 0 Å². The first-order valence-corrected chi connectivity index (χ1v) is 0. The van der Waals surface area contributed by atoms with Crippen molar-refractivity contribution in [2.45, 2.75) is 0 Å². The fourth-order valence-electron chi connectivity index (χ4n) is 0. The molecule has 0 saturated carbocycles. The van der Waals surface area contributed by atoms with E-state index in [1.165, 1.54) is 0 Å². The molecule has 0 aliphatic rings. The summed E-state index contributed by atoms with van der Waals surface area (Å²) in [4.78, 5) is 0. The molecule has 0 N–H and O–H groups in total. The molecular formula is CaCl6FeMg. The van der Waals surface area contributed by atoms with Crippen molar-refractivity contribution < 1.29 is 91.5 Å². The molecule has 0 radical (unpaired) electrons. The topological polar surface area (TPSA) is 0 Å². The molecule has 9 heteroatoms. The molecule has 0 fully saturated rings. The van der Waals surface area contributed by atoms with E-state index in [0.29, 0.717) is 0 Å². The third-order valence-electron chi connectivity index (χ3n) is 0. The van der Waals surface area contributed by atoms with E-state index in [4.69, 9.17) is 0 Å². The number of hydrogen-bond donors (Lipinski definition) is 0. The average molecular weight is 333 g/mol. The summed E-state index contributed by atoms with van der Waals surface area (Å²) in [6.45, 7) is 0. The zero-order chi connectivity index (χ0) is 0. The van der Waals surface area contributed by atoms with E-state index in [0.717, 1.165) is 0 Å². The minimum absolute atomic E-state index is 0. The molecule has 0 aliphatic carbocycles. The van der Waals surface area contributed by atoms with E-state index in [2.05, 4.69) is 0 Å². The van der Waals surface area contributed by atoms with E-state index < -0.39 is 0 Å². The van der Waals surface area contributed by atoms with Crippen molar-refractivity contribution in [3.63, 3.8) is 0 Å². The van der Waals surface area contributed by atoms with Crippen molar-refractivity contribution in [2.75, 3.05) is 0 Å². The second kappa shape index (κ2) is 85.2. The Hall–Kier alpha value is 4.29. The summed E-state index contributed by atoms with van der Waals surface area (Å²) < 4.78 is 0. The van der Waals surface area contributed by atoms with Crippen LogP contribution in [0.15, 0.2) is 0 Å². The van der Waals surface area contributed by atoms with Crippen molar-refractivity contribution in [2.24, 2.45) is 0 Å². The summed E-state index contributed by atoms with van der Waals surface area (Å²) >= 11 is 0.